The lowest BCUT2D eigenvalue weighted by molar-refractivity contribution is -0.139. The molecule has 182 valence electrons. The number of likely N-dealkylation sites (N-methyl/N-ethyl adjacent to an activating group) is 1. The molecule has 5 rings (SSSR count). The van der Waals surface area contributed by atoms with Gasteiger partial charge in [-0.3, -0.25) is 19.3 Å². The van der Waals surface area contributed by atoms with Crippen LogP contribution >= 0.6 is 0 Å². The molecular weight excluding hydrogens is 453 g/mol. The van der Waals surface area contributed by atoms with Crippen molar-refractivity contribution in [2.24, 2.45) is 0 Å². The first-order valence-corrected chi connectivity index (χ1v) is 11.5. The molecule has 0 atom stereocenters. The van der Waals surface area contributed by atoms with E-state index in [0.29, 0.717) is 37.0 Å². The molecule has 2 aromatic carbocycles. The summed E-state index contributed by atoms with van der Waals surface area (Å²) in [5, 5.41) is 7.25. The van der Waals surface area contributed by atoms with Crippen LogP contribution in [0.5, 0.6) is 11.6 Å². The van der Waals surface area contributed by atoms with E-state index in [9.17, 15) is 18.8 Å². The molecule has 0 radical (unpaired) electrons. The molecular formula is C25H26FN5O4. The molecule has 2 aliphatic rings. The Bertz CT molecular complexity index is 1360. The smallest absolute Gasteiger partial charge is 0.272 e. The molecule has 2 heterocycles. The van der Waals surface area contributed by atoms with Crippen molar-refractivity contribution in [2.75, 3.05) is 40.3 Å². The van der Waals surface area contributed by atoms with Gasteiger partial charge in [0.05, 0.1) is 16.3 Å². The number of rotatable bonds is 5. The van der Waals surface area contributed by atoms with E-state index in [1.54, 1.807) is 34.1 Å². The van der Waals surface area contributed by atoms with Crippen LogP contribution in [-0.4, -0.2) is 82.5 Å². The Morgan fingerprint density at radius 2 is 1.69 bits per heavy atom. The first-order chi connectivity index (χ1) is 16.8. The average Bonchev–Trinajstić information content (AvgIpc) is 3.69. The molecule has 10 heteroatoms. The number of fused-ring (bicyclic) bond motifs is 1. The van der Waals surface area contributed by atoms with Gasteiger partial charge in [-0.25, -0.2) is 9.49 Å². The van der Waals surface area contributed by atoms with Crippen molar-refractivity contribution in [3.63, 3.8) is 0 Å². The summed E-state index contributed by atoms with van der Waals surface area (Å²) in [6.07, 6.45) is 1.69. The Kier molecular flexibility index (Phi) is 5.76. The van der Waals surface area contributed by atoms with E-state index in [2.05, 4.69) is 10.2 Å². The van der Waals surface area contributed by atoms with Crippen molar-refractivity contribution in [1.82, 2.24) is 24.9 Å². The second kappa shape index (κ2) is 8.77. The molecule has 2 fully saturated rings. The predicted octanol–water partition coefficient (Wildman–Crippen LogP) is 2.23. The first-order valence-electron chi connectivity index (χ1n) is 11.5. The standard InChI is InChI=1S/C25H26FN5O4/c1-29(2)25(9-10-25)24(34)31-13-11-30(12-14-31)23(33)19-15-16(7-8-20(19)26)35-22-18-6-4-3-5-17(18)21(32)27-28-22/h3-8,15H,9-14H2,1-2H3,(H,27,32). The van der Waals surface area contributed by atoms with Crippen LogP contribution in [0, 0.1) is 5.82 Å². The Morgan fingerprint density at radius 3 is 2.34 bits per heavy atom. The van der Waals surface area contributed by atoms with Crippen LogP contribution in [0.15, 0.2) is 47.3 Å². The highest BCUT2D eigenvalue weighted by atomic mass is 19.1. The van der Waals surface area contributed by atoms with Crippen LogP contribution in [0.1, 0.15) is 23.2 Å². The summed E-state index contributed by atoms with van der Waals surface area (Å²) >= 11 is 0. The molecule has 1 saturated carbocycles. The molecule has 0 spiro atoms. The Labute approximate surface area is 201 Å². The molecule has 1 N–H and O–H groups in total. The fourth-order valence-corrected chi connectivity index (χ4v) is 4.56. The van der Waals surface area contributed by atoms with Crippen molar-refractivity contribution in [1.29, 1.82) is 0 Å². The summed E-state index contributed by atoms with van der Waals surface area (Å²) < 4.78 is 20.5. The van der Waals surface area contributed by atoms with E-state index in [0.717, 1.165) is 12.8 Å². The van der Waals surface area contributed by atoms with Gasteiger partial charge in [-0.1, -0.05) is 12.1 Å². The second-order valence-electron chi connectivity index (χ2n) is 9.16. The van der Waals surface area contributed by atoms with Gasteiger partial charge < -0.3 is 14.5 Å². The minimum Gasteiger partial charge on any atom is -0.437 e. The minimum absolute atomic E-state index is 0.0943. The van der Waals surface area contributed by atoms with E-state index in [-0.39, 0.29) is 28.7 Å². The number of carbonyl (C=O) groups is 2. The van der Waals surface area contributed by atoms with Crippen molar-refractivity contribution in [2.45, 2.75) is 18.4 Å². The van der Waals surface area contributed by atoms with E-state index in [1.807, 2.05) is 19.0 Å². The third-order valence-electron chi connectivity index (χ3n) is 6.88. The Balaban J connectivity index is 1.31. The molecule has 3 aromatic rings. The fraction of sp³-hybridized carbons (Fsp3) is 0.360. The molecule has 1 aromatic heterocycles. The van der Waals surface area contributed by atoms with Crippen molar-refractivity contribution in [3.05, 3.63) is 64.2 Å². The second-order valence-corrected chi connectivity index (χ2v) is 9.16. The number of benzene rings is 2. The van der Waals surface area contributed by atoms with Gasteiger partial charge >= 0.3 is 0 Å². The number of H-pyrrole nitrogens is 1. The summed E-state index contributed by atoms with van der Waals surface area (Å²) in [5.41, 5.74) is -0.883. The van der Waals surface area contributed by atoms with Gasteiger partial charge in [0.15, 0.2) is 0 Å². The fourth-order valence-electron chi connectivity index (χ4n) is 4.56. The van der Waals surface area contributed by atoms with Crippen LogP contribution < -0.4 is 10.3 Å². The summed E-state index contributed by atoms with van der Waals surface area (Å²) in [6, 6.07) is 10.7. The maximum absolute atomic E-state index is 14.6. The topological polar surface area (TPSA) is 98.8 Å². The van der Waals surface area contributed by atoms with Crippen molar-refractivity contribution in [3.8, 4) is 11.6 Å². The van der Waals surface area contributed by atoms with Gasteiger partial charge in [-0.15, -0.1) is 5.10 Å². The number of hydrogen-bond acceptors (Lipinski definition) is 6. The third-order valence-corrected chi connectivity index (χ3v) is 6.88. The predicted molar refractivity (Wildman–Crippen MR) is 127 cm³/mol. The summed E-state index contributed by atoms with van der Waals surface area (Å²) in [6.45, 7) is 1.46. The highest BCUT2D eigenvalue weighted by molar-refractivity contribution is 5.95. The lowest BCUT2D eigenvalue weighted by Crippen LogP contribution is -2.56. The van der Waals surface area contributed by atoms with E-state index >= 15 is 0 Å². The van der Waals surface area contributed by atoms with Crippen LogP contribution in [0.2, 0.25) is 0 Å². The number of ether oxygens (including phenoxy) is 1. The first kappa shape index (κ1) is 23.0. The number of hydrogen-bond donors (Lipinski definition) is 1. The van der Waals surface area contributed by atoms with Gasteiger partial charge in [-0.05, 0) is 57.3 Å². The zero-order valence-corrected chi connectivity index (χ0v) is 19.6. The summed E-state index contributed by atoms with van der Waals surface area (Å²) in [4.78, 5) is 43.4. The number of carbonyl (C=O) groups excluding carboxylic acids is 2. The Hall–Kier alpha value is -3.79. The largest absolute Gasteiger partial charge is 0.437 e. The zero-order valence-electron chi connectivity index (χ0n) is 19.6. The quantitative estimate of drug-likeness (QED) is 0.603. The molecule has 1 saturated heterocycles. The average molecular weight is 480 g/mol. The number of halogens is 1. The number of nitrogens with one attached hydrogen (secondary N) is 1. The van der Waals surface area contributed by atoms with Crippen LogP contribution in [-0.2, 0) is 4.79 Å². The SMILES string of the molecule is CN(C)C1(C(=O)N2CCN(C(=O)c3cc(Oc4n[nH]c(=O)c5ccccc45)ccc3F)CC2)CC1. The van der Waals surface area contributed by atoms with Crippen LogP contribution in [0.3, 0.4) is 0 Å². The molecule has 1 aliphatic carbocycles. The van der Waals surface area contributed by atoms with E-state index < -0.39 is 17.3 Å². The van der Waals surface area contributed by atoms with Crippen molar-refractivity contribution < 1.29 is 18.7 Å². The van der Waals surface area contributed by atoms with Gasteiger partial charge in [0, 0.05) is 26.2 Å². The van der Waals surface area contributed by atoms with E-state index in [4.69, 9.17) is 4.74 Å². The summed E-state index contributed by atoms with van der Waals surface area (Å²) in [5.74, 6) is -0.670. The molecule has 9 nitrogen and oxygen atoms in total. The summed E-state index contributed by atoms with van der Waals surface area (Å²) in [7, 11) is 3.82. The number of aromatic amines is 1. The highest BCUT2D eigenvalue weighted by Gasteiger charge is 2.53. The number of amides is 2. The maximum Gasteiger partial charge on any atom is 0.272 e. The number of piperazine rings is 1. The zero-order chi connectivity index (χ0) is 24.7. The van der Waals surface area contributed by atoms with Gasteiger partial charge in [0.1, 0.15) is 17.1 Å². The lowest BCUT2D eigenvalue weighted by Gasteiger charge is -2.38. The molecule has 0 bridgehead atoms. The van der Waals surface area contributed by atoms with Crippen LogP contribution in [0.4, 0.5) is 4.39 Å². The molecule has 35 heavy (non-hydrogen) atoms. The Morgan fingerprint density at radius 1 is 1.03 bits per heavy atom. The van der Waals surface area contributed by atoms with Crippen molar-refractivity contribution >= 4 is 22.6 Å². The van der Waals surface area contributed by atoms with Gasteiger partial charge in [0.2, 0.25) is 11.8 Å². The lowest BCUT2D eigenvalue weighted by atomic mass is 10.1. The maximum atomic E-state index is 14.6. The van der Waals surface area contributed by atoms with Gasteiger partial charge in [-0.2, -0.15) is 0 Å². The van der Waals surface area contributed by atoms with Crippen LogP contribution in [0.25, 0.3) is 10.8 Å². The normalized spacial score (nSPS) is 17.0. The molecule has 0 unspecified atom stereocenters. The number of aromatic nitrogens is 2. The molecule has 1 aliphatic heterocycles. The molecule has 2 amide bonds. The third kappa shape index (κ3) is 4.14. The van der Waals surface area contributed by atoms with E-state index in [1.165, 1.54) is 18.2 Å². The number of nitrogens with zero attached hydrogens (tertiary/aromatic N) is 4. The van der Waals surface area contributed by atoms with Gasteiger partial charge in [0.25, 0.3) is 11.5 Å². The minimum atomic E-state index is -0.662. The monoisotopic (exact) mass is 479 g/mol. The highest BCUT2D eigenvalue weighted by Crippen LogP contribution is 2.42.